The van der Waals surface area contributed by atoms with E-state index < -0.39 is 0 Å². The highest BCUT2D eigenvalue weighted by Crippen LogP contribution is 2.39. The summed E-state index contributed by atoms with van der Waals surface area (Å²) in [6, 6.07) is 0. The SMILES string of the molecule is CC(C)CNCC(C(C)C)C1CC1. The summed E-state index contributed by atoms with van der Waals surface area (Å²) in [5.74, 6) is 3.61. The van der Waals surface area contributed by atoms with E-state index in [9.17, 15) is 0 Å². The number of hydrogen-bond donors (Lipinski definition) is 1. The van der Waals surface area contributed by atoms with Gasteiger partial charge in [-0.3, -0.25) is 0 Å². The molecule has 1 heteroatoms. The smallest absolute Gasteiger partial charge is 0.00153 e. The Morgan fingerprint density at radius 1 is 1.08 bits per heavy atom. The Kier molecular flexibility index (Phi) is 4.24. The molecule has 1 unspecified atom stereocenters. The lowest BCUT2D eigenvalue weighted by atomic mass is 9.91. The highest BCUT2D eigenvalue weighted by molar-refractivity contribution is 4.84. The first-order chi connectivity index (χ1) is 6.11. The molecule has 1 fully saturated rings. The van der Waals surface area contributed by atoms with Gasteiger partial charge in [-0.2, -0.15) is 0 Å². The van der Waals surface area contributed by atoms with Crippen molar-refractivity contribution in [3.05, 3.63) is 0 Å². The first-order valence-corrected chi connectivity index (χ1v) is 5.82. The van der Waals surface area contributed by atoms with Crippen molar-refractivity contribution in [2.75, 3.05) is 13.1 Å². The van der Waals surface area contributed by atoms with Crippen molar-refractivity contribution in [2.45, 2.75) is 40.5 Å². The van der Waals surface area contributed by atoms with Crippen LogP contribution in [0.5, 0.6) is 0 Å². The largest absolute Gasteiger partial charge is 0.316 e. The molecule has 0 saturated heterocycles. The summed E-state index contributed by atoms with van der Waals surface area (Å²) in [6.07, 6.45) is 2.96. The molecule has 78 valence electrons. The van der Waals surface area contributed by atoms with E-state index >= 15 is 0 Å². The fraction of sp³-hybridized carbons (Fsp3) is 1.00. The fourth-order valence-corrected chi connectivity index (χ4v) is 2.01. The Bertz CT molecular complexity index is 134. The minimum absolute atomic E-state index is 0.784. The summed E-state index contributed by atoms with van der Waals surface area (Å²) in [6.45, 7) is 11.7. The molecule has 1 saturated carbocycles. The van der Waals surface area contributed by atoms with Gasteiger partial charge in [0.2, 0.25) is 0 Å². The number of rotatable bonds is 6. The van der Waals surface area contributed by atoms with Gasteiger partial charge in [-0.15, -0.1) is 0 Å². The van der Waals surface area contributed by atoms with Crippen LogP contribution in [0.1, 0.15) is 40.5 Å². The summed E-state index contributed by atoms with van der Waals surface area (Å²) in [7, 11) is 0. The van der Waals surface area contributed by atoms with E-state index in [0.717, 1.165) is 23.7 Å². The quantitative estimate of drug-likeness (QED) is 0.667. The van der Waals surface area contributed by atoms with Crippen molar-refractivity contribution >= 4 is 0 Å². The van der Waals surface area contributed by atoms with Gasteiger partial charge in [0.15, 0.2) is 0 Å². The standard InChI is InChI=1S/C12H25N/c1-9(2)7-13-8-12(10(3)4)11-5-6-11/h9-13H,5-8H2,1-4H3. The average molecular weight is 183 g/mol. The van der Waals surface area contributed by atoms with E-state index in [4.69, 9.17) is 0 Å². The first kappa shape index (κ1) is 11.0. The second-order valence-corrected chi connectivity index (χ2v) is 5.30. The van der Waals surface area contributed by atoms with E-state index in [-0.39, 0.29) is 0 Å². The molecule has 1 aliphatic rings. The summed E-state index contributed by atoms with van der Waals surface area (Å²) in [5.41, 5.74) is 0. The van der Waals surface area contributed by atoms with Crippen LogP contribution < -0.4 is 5.32 Å². The maximum absolute atomic E-state index is 3.59. The van der Waals surface area contributed by atoms with Gasteiger partial charge in [0.05, 0.1) is 0 Å². The zero-order valence-corrected chi connectivity index (χ0v) is 9.64. The first-order valence-electron chi connectivity index (χ1n) is 5.82. The summed E-state index contributed by atoms with van der Waals surface area (Å²) >= 11 is 0. The number of hydrogen-bond acceptors (Lipinski definition) is 1. The van der Waals surface area contributed by atoms with Crippen molar-refractivity contribution in [3.63, 3.8) is 0 Å². The highest BCUT2D eigenvalue weighted by atomic mass is 14.9. The maximum Gasteiger partial charge on any atom is -0.00153 e. The second-order valence-electron chi connectivity index (χ2n) is 5.30. The van der Waals surface area contributed by atoms with Crippen LogP contribution >= 0.6 is 0 Å². The van der Waals surface area contributed by atoms with Crippen LogP contribution in [-0.4, -0.2) is 13.1 Å². The lowest BCUT2D eigenvalue weighted by molar-refractivity contribution is 0.317. The van der Waals surface area contributed by atoms with Gasteiger partial charge in [0, 0.05) is 0 Å². The lowest BCUT2D eigenvalue weighted by Crippen LogP contribution is -2.30. The van der Waals surface area contributed by atoms with Crippen molar-refractivity contribution in [1.29, 1.82) is 0 Å². The summed E-state index contributed by atoms with van der Waals surface area (Å²) in [4.78, 5) is 0. The molecule has 1 atom stereocenters. The average Bonchev–Trinajstić information content (AvgIpc) is 2.79. The minimum Gasteiger partial charge on any atom is -0.316 e. The Hall–Kier alpha value is -0.0400. The predicted octanol–water partition coefficient (Wildman–Crippen LogP) is 2.91. The van der Waals surface area contributed by atoms with E-state index in [1.54, 1.807) is 0 Å². The van der Waals surface area contributed by atoms with Crippen molar-refractivity contribution in [2.24, 2.45) is 23.7 Å². The van der Waals surface area contributed by atoms with Crippen molar-refractivity contribution in [3.8, 4) is 0 Å². The topological polar surface area (TPSA) is 12.0 Å². The predicted molar refractivity (Wildman–Crippen MR) is 58.8 cm³/mol. The second kappa shape index (κ2) is 4.99. The molecule has 0 bridgehead atoms. The zero-order chi connectivity index (χ0) is 9.84. The Morgan fingerprint density at radius 3 is 2.08 bits per heavy atom. The Labute approximate surface area is 83.3 Å². The van der Waals surface area contributed by atoms with Gasteiger partial charge in [0.25, 0.3) is 0 Å². The Balaban J connectivity index is 2.15. The fourth-order valence-electron chi connectivity index (χ4n) is 2.01. The van der Waals surface area contributed by atoms with Crippen molar-refractivity contribution < 1.29 is 0 Å². The van der Waals surface area contributed by atoms with Crippen LogP contribution in [0.25, 0.3) is 0 Å². The molecule has 1 aliphatic carbocycles. The van der Waals surface area contributed by atoms with Crippen LogP contribution in [0.2, 0.25) is 0 Å². The zero-order valence-electron chi connectivity index (χ0n) is 9.64. The summed E-state index contributed by atoms with van der Waals surface area (Å²) < 4.78 is 0. The molecule has 1 N–H and O–H groups in total. The van der Waals surface area contributed by atoms with Crippen LogP contribution in [0.15, 0.2) is 0 Å². The van der Waals surface area contributed by atoms with Gasteiger partial charge in [-0.05, 0) is 49.6 Å². The molecule has 0 heterocycles. The van der Waals surface area contributed by atoms with Crippen LogP contribution in [0, 0.1) is 23.7 Å². The molecule has 0 spiro atoms. The van der Waals surface area contributed by atoms with Crippen LogP contribution in [0.4, 0.5) is 0 Å². The van der Waals surface area contributed by atoms with Gasteiger partial charge in [-0.25, -0.2) is 0 Å². The Morgan fingerprint density at radius 2 is 1.69 bits per heavy atom. The van der Waals surface area contributed by atoms with Gasteiger partial charge < -0.3 is 5.32 Å². The van der Waals surface area contributed by atoms with Crippen LogP contribution in [-0.2, 0) is 0 Å². The third kappa shape index (κ3) is 4.12. The normalized spacial score (nSPS) is 19.8. The van der Waals surface area contributed by atoms with E-state index in [1.165, 1.54) is 25.9 Å². The molecular weight excluding hydrogens is 158 g/mol. The van der Waals surface area contributed by atoms with E-state index in [1.807, 2.05) is 0 Å². The molecule has 0 aromatic heterocycles. The number of nitrogens with one attached hydrogen (secondary N) is 1. The minimum atomic E-state index is 0.784. The maximum atomic E-state index is 3.59. The molecule has 0 amide bonds. The highest BCUT2D eigenvalue weighted by Gasteiger charge is 2.32. The summed E-state index contributed by atoms with van der Waals surface area (Å²) in [5, 5.41) is 3.59. The molecule has 0 aromatic carbocycles. The third-order valence-corrected chi connectivity index (χ3v) is 3.02. The van der Waals surface area contributed by atoms with Gasteiger partial charge in [-0.1, -0.05) is 27.7 Å². The monoisotopic (exact) mass is 183 g/mol. The van der Waals surface area contributed by atoms with Crippen LogP contribution in [0.3, 0.4) is 0 Å². The molecule has 0 aliphatic heterocycles. The molecule has 13 heavy (non-hydrogen) atoms. The molecule has 1 rings (SSSR count). The molecule has 0 radical (unpaired) electrons. The molecule has 0 aromatic rings. The van der Waals surface area contributed by atoms with Gasteiger partial charge in [0.1, 0.15) is 0 Å². The lowest BCUT2D eigenvalue weighted by Gasteiger charge is -2.21. The van der Waals surface area contributed by atoms with Crippen molar-refractivity contribution in [1.82, 2.24) is 5.32 Å². The van der Waals surface area contributed by atoms with Gasteiger partial charge >= 0.3 is 0 Å². The van der Waals surface area contributed by atoms with E-state index in [2.05, 4.69) is 33.0 Å². The third-order valence-electron chi connectivity index (χ3n) is 3.02. The van der Waals surface area contributed by atoms with E-state index in [0.29, 0.717) is 0 Å². The molecule has 1 nitrogen and oxygen atoms in total. The molecular formula is C12H25N.